The predicted octanol–water partition coefficient (Wildman–Crippen LogP) is 2.50. The first-order valence-corrected chi connectivity index (χ1v) is 5.17. The van der Waals surface area contributed by atoms with Crippen LogP contribution in [0.15, 0.2) is 24.3 Å². The maximum atomic E-state index is 5.02. The Balaban J connectivity index is 2.60. The van der Waals surface area contributed by atoms with Crippen LogP contribution < -0.4 is 0 Å². The molecule has 0 atom stereocenters. The van der Waals surface area contributed by atoms with E-state index in [1.807, 2.05) is 24.3 Å². The van der Waals surface area contributed by atoms with Crippen molar-refractivity contribution in [3.05, 3.63) is 35.4 Å². The highest BCUT2D eigenvalue weighted by Crippen LogP contribution is 2.04. The van der Waals surface area contributed by atoms with Gasteiger partial charge in [0.1, 0.15) is 0 Å². The molecule has 74 valence electrons. The summed E-state index contributed by atoms with van der Waals surface area (Å²) in [5.41, 5.74) is 2.22. The lowest BCUT2D eigenvalue weighted by atomic mass is 10.1. The van der Waals surface area contributed by atoms with Crippen LogP contribution >= 0.6 is 12.6 Å². The highest BCUT2D eigenvalue weighted by Gasteiger charge is 1.90. The standard InChI is InChI=1S/C12H14OS/c1-13-10-12-7-5-11(6-8-12)4-2-3-9-14/h5-8,14H,3,9-10H2,1H3. The van der Waals surface area contributed by atoms with Gasteiger partial charge < -0.3 is 4.74 Å². The van der Waals surface area contributed by atoms with Crippen LogP contribution in [0.25, 0.3) is 0 Å². The van der Waals surface area contributed by atoms with Crippen molar-refractivity contribution >= 4 is 12.6 Å². The molecule has 0 radical (unpaired) electrons. The molecule has 0 spiro atoms. The van der Waals surface area contributed by atoms with Gasteiger partial charge in [-0.1, -0.05) is 24.0 Å². The van der Waals surface area contributed by atoms with E-state index in [0.717, 1.165) is 17.7 Å². The minimum absolute atomic E-state index is 0.657. The third-order valence-corrected chi connectivity index (χ3v) is 1.96. The van der Waals surface area contributed by atoms with Crippen molar-refractivity contribution in [2.75, 3.05) is 12.9 Å². The van der Waals surface area contributed by atoms with E-state index in [4.69, 9.17) is 4.74 Å². The van der Waals surface area contributed by atoms with Gasteiger partial charge in [0, 0.05) is 24.8 Å². The zero-order chi connectivity index (χ0) is 10.2. The van der Waals surface area contributed by atoms with Gasteiger partial charge in [-0.2, -0.15) is 12.6 Å². The first kappa shape index (κ1) is 11.2. The molecule has 0 heterocycles. The largest absolute Gasteiger partial charge is 0.380 e. The van der Waals surface area contributed by atoms with E-state index in [1.165, 1.54) is 5.56 Å². The topological polar surface area (TPSA) is 9.23 Å². The normalized spacial score (nSPS) is 9.29. The molecular weight excluding hydrogens is 192 g/mol. The number of ether oxygens (including phenoxy) is 1. The van der Waals surface area contributed by atoms with E-state index < -0.39 is 0 Å². The molecule has 0 fully saturated rings. The first-order valence-electron chi connectivity index (χ1n) is 4.54. The fraction of sp³-hybridized carbons (Fsp3) is 0.333. The van der Waals surface area contributed by atoms with Crippen LogP contribution in [0.5, 0.6) is 0 Å². The maximum absolute atomic E-state index is 5.02. The molecule has 1 aromatic rings. The van der Waals surface area contributed by atoms with Gasteiger partial charge in [0.05, 0.1) is 6.61 Å². The van der Waals surface area contributed by atoms with Crippen LogP contribution in [0.4, 0.5) is 0 Å². The van der Waals surface area contributed by atoms with E-state index >= 15 is 0 Å². The van der Waals surface area contributed by atoms with E-state index in [0.29, 0.717) is 6.61 Å². The van der Waals surface area contributed by atoms with Crippen molar-refractivity contribution in [3.63, 3.8) is 0 Å². The van der Waals surface area contributed by atoms with Gasteiger partial charge >= 0.3 is 0 Å². The van der Waals surface area contributed by atoms with Crippen molar-refractivity contribution in [3.8, 4) is 11.8 Å². The van der Waals surface area contributed by atoms with Gasteiger partial charge in [-0.05, 0) is 17.7 Å². The quantitative estimate of drug-likeness (QED) is 0.590. The number of hydrogen-bond acceptors (Lipinski definition) is 2. The Labute approximate surface area is 90.9 Å². The summed E-state index contributed by atoms with van der Waals surface area (Å²) in [7, 11) is 1.69. The van der Waals surface area contributed by atoms with Gasteiger partial charge in [-0.25, -0.2) is 0 Å². The number of thiol groups is 1. The zero-order valence-electron chi connectivity index (χ0n) is 8.29. The lowest BCUT2D eigenvalue weighted by Gasteiger charge is -1.98. The van der Waals surface area contributed by atoms with Crippen LogP contribution in [-0.4, -0.2) is 12.9 Å². The lowest BCUT2D eigenvalue weighted by molar-refractivity contribution is 0.185. The number of hydrogen-bond donors (Lipinski definition) is 1. The lowest BCUT2D eigenvalue weighted by Crippen LogP contribution is -1.86. The first-order chi connectivity index (χ1) is 6.86. The molecule has 1 rings (SSSR count). The van der Waals surface area contributed by atoms with Crippen molar-refractivity contribution in [2.24, 2.45) is 0 Å². The summed E-state index contributed by atoms with van der Waals surface area (Å²) in [5, 5.41) is 0. The summed E-state index contributed by atoms with van der Waals surface area (Å²) in [6, 6.07) is 8.10. The minimum atomic E-state index is 0.657. The van der Waals surface area contributed by atoms with Crippen molar-refractivity contribution < 1.29 is 4.74 Å². The molecule has 0 aliphatic heterocycles. The average Bonchev–Trinajstić information content (AvgIpc) is 2.21. The van der Waals surface area contributed by atoms with E-state index in [1.54, 1.807) is 7.11 Å². The molecule has 0 bridgehead atoms. The molecule has 14 heavy (non-hydrogen) atoms. The molecule has 0 aromatic heterocycles. The Hall–Kier alpha value is -0.910. The van der Waals surface area contributed by atoms with Crippen LogP contribution in [0, 0.1) is 11.8 Å². The summed E-state index contributed by atoms with van der Waals surface area (Å²) >= 11 is 4.09. The number of methoxy groups -OCH3 is 1. The van der Waals surface area contributed by atoms with Crippen LogP contribution in [0.2, 0.25) is 0 Å². The molecule has 0 amide bonds. The van der Waals surface area contributed by atoms with Crippen LogP contribution in [-0.2, 0) is 11.3 Å². The highest BCUT2D eigenvalue weighted by atomic mass is 32.1. The number of benzene rings is 1. The Morgan fingerprint density at radius 1 is 1.29 bits per heavy atom. The summed E-state index contributed by atoms with van der Waals surface area (Å²) in [6.45, 7) is 0.657. The molecule has 2 heteroatoms. The van der Waals surface area contributed by atoms with E-state index in [2.05, 4.69) is 24.5 Å². The molecule has 1 aromatic carbocycles. The van der Waals surface area contributed by atoms with Gasteiger partial charge in [-0.15, -0.1) is 0 Å². The number of rotatable bonds is 3. The molecule has 0 aliphatic rings. The second-order valence-corrected chi connectivity index (χ2v) is 3.35. The monoisotopic (exact) mass is 206 g/mol. The van der Waals surface area contributed by atoms with Crippen LogP contribution in [0.1, 0.15) is 17.5 Å². The Morgan fingerprint density at radius 2 is 2.00 bits per heavy atom. The summed E-state index contributed by atoms with van der Waals surface area (Å²) in [4.78, 5) is 0. The fourth-order valence-corrected chi connectivity index (χ4v) is 1.18. The highest BCUT2D eigenvalue weighted by molar-refractivity contribution is 7.80. The molecule has 0 N–H and O–H groups in total. The molecule has 0 unspecified atom stereocenters. The van der Waals surface area contributed by atoms with Gasteiger partial charge in [0.2, 0.25) is 0 Å². The zero-order valence-corrected chi connectivity index (χ0v) is 9.18. The molecule has 1 nitrogen and oxygen atoms in total. The van der Waals surface area contributed by atoms with Crippen molar-refractivity contribution in [1.82, 2.24) is 0 Å². The van der Waals surface area contributed by atoms with Gasteiger partial charge in [-0.3, -0.25) is 0 Å². The Bertz CT molecular complexity index is 318. The fourth-order valence-electron chi connectivity index (χ4n) is 1.07. The minimum Gasteiger partial charge on any atom is -0.380 e. The van der Waals surface area contributed by atoms with Crippen LogP contribution in [0.3, 0.4) is 0 Å². The summed E-state index contributed by atoms with van der Waals surface area (Å²) in [6.07, 6.45) is 0.836. The SMILES string of the molecule is COCc1ccc(C#CCCS)cc1. The second kappa shape index (κ2) is 6.53. The predicted molar refractivity (Wildman–Crippen MR) is 62.5 cm³/mol. The smallest absolute Gasteiger partial charge is 0.0713 e. The van der Waals surface area contributed by atoms with Crippen molar-refractivity contribution in [1.29, 1.82) is 0 Å². The van der Waals surface area contributed by atoms with E-state index in [-0.39, 0.29) is 0 Å². The Morgan fingerprint density at radius 3 is 2.57 bits per heavy atom. The van der Waals surface area contributed by atoms with Crippen molar-refractivity contribution in [2.45, 2.75) is 13.0 Å². The Kier molecular flexibility index (Phi) is 5.21. The second-order valence-electron chi connectivity index (χ2n) is 2.91. The molecular formula is C12H14OS. The summed E-state index contributed by atoms with van der Waals surface area (Å²) < 4.78 is 5.02. The molecule has 0 saturated carbocycles. The summed E-state index contributed by atoms with van der Waals surface area (Å²) in [5.74, 6) is 6.93. The molecule has 0 aliphatic carbocycles. The average molecular weight is 206 g/mol. The van der Waals surface area contributed by atoms with Gasteiger partial charge in [0.15, 0.2) is 0 Å². The third kappa shape index (κ3) is 3.87. The third-order valence-electron chi connectivity index (χ3n) is 1.73. The van der Waals surface area contributed by atoms with E-state index in [9.17, 15) is 0 Å². The maximum Gasteiger partial charge on any atom is 0.0713 e. The molecule has 0 saturated heterocycles. The van der Waals surface area contributed by atoms with Gasteiger partial charge in [0.25, 0.3) is 0 Å².